The van der Waals surface area contributed by atoms with E-state index in [1.807, 2.05) is 13.8 Å². The van der Waals surface area contributed by atoms with E-state index in [1.165, 1.54) is 0 Å². The van der Waals surface area contributed by atoms with Crippen molar-refractivity contribution in [3.8, 4) is 0 Å². The summed E-state index contributed by atoms with van der Waals surface area (Å²) in [7, 11) is 0. The number of amides is 1. The van der Waals surface area contributed by atoms with Crippen LogP contribution in [0.4, 0.5) is 0 Å². The predicted molar refractivity (Wildman–Crippen MR) is 60.7 cm³/mol. The van der Waals surface area contributed by atoms with E-state index in [4.69, 9.17) is 11.6 Å². The molecule has 1 amide bonds. The molecule has 0 aliphatic carbocycles. The van der Waals surface area contributed by atoms with Gasteiger partial charge in [-0.2, -0.15) is 0 Å². The summed E-state index contributed by atoms with van der Waals surface area (Å²) in [5.41, 5.74) is 0. The zero-order chi connectivity index (χ0) is 11.0. The number of carbonyl (C=O) groups excluding carboxylic acids is 1. The van der Waals surface area contributed by atoms with Crippen molar-refractivity contribution in [2.45, 2.75) is 45.7 Å². The van der Waals surface area contributed by atoms with Crippen LogP contribution in [-0.4, -0.2) is 30.4 Å². The summed E-state index contributed by atoms with van der Waals surface area (Å²) >= 11 is 5.70. The third kappa shape index (κ3) is 6.22. The standard InChI is InChI=1S/C10H21ClN2O/c1-4-5-6-12-10(14)9(7-11)13-8(2)3/h8-9,13H,4-7H2,1-3H3,(H,12,14). The lowest BCUT2D eigenvalue weighted by atomic mass is 10.2. The number of alkyl halides is 1. The number of carbonyl (C=O) groups is 1. The highest BCUT2D eigenvalue weighted by molar-refractivity contribution is 6.19. The van der Waals surface area contributed by atoms with Crippen molar-refractivity contribution in [2.24, 2.45) is 0 Å². The highest BCUT2D eigenvalue weighted by atomic mass is 35.5. The molecule has 1 atom stereocenters. The van der Waals surface area contributed by atoms with E-state index < -0.39 is 0 Å². The van der Waals surface area contributed by atoms with Crippen LogP contribution in [0.15, 0.2) is 0 Å². The van der Waals surface area contributed by atoms with Gasteiger partial charge in [-0.1, -0.05) is 27.2 Å². The molecule has 0 saturated heterocycles. The zero-order valence-corrected chi connectivity index (χ0v) is 10.0. The first-order chi connectivity index (χ1) is 6.61. The minimum atomic E-state index is -0.270. The molecular weight excluding hydrogens is 200 g/mol. The maximum atomic E-state index is 11.5. The number of rotatable bonds is 7. The van der Waals surface area contributed by atoms with Gasteiger partial charge in [-0.25, -0.2) is 0 Å². The molecule has 14 heavy (non-hydrogen) atoms. The second-order valence-corrected chi connectivity index (χ2v) is 3.98. The summed E-state index contributed by atoms with van der Waals surface area (Å²) in [5, 5.41) is 5.97. The van der Waals surface area contributed by atoms with Crippen LogP contribution in [0.3, 0.4) is 0 Å². The normalized spacial score (nSPS) is 12.9. The largest absolute Gasteiger partial charge is 0.355 e. The Kier molecular flexibility index (Phi) is 7.90. The Balaban J connectivity index is 3.79. The Morgan fingerprint density at radius 3 is 2.50 bits per heavy atom. The average molecular weight is 221 g/mol. The van der Waals surface area contributed by atoms with Crippen molar-refractivity contribution in [3.63, 3.8) is 0 Å². The molecule has 0 aromatic carbocycles. The van der Waals surface area contributed by atoms with Gasteiger partial charge < -0.3 is 10.6 Å². The molecule has 1 unspecified atom stereocenters. The van der Waals surface area contributed by atoms with E-state index in [1.54, 1.807) is 0 Å². The third-order valence-electron chi connectivity index (χ3n) is 1.83. The summed E-state index contributed by atoms with van der Waals surface area (Å²) in [5.74, 6) is 0.318. The summed E-state index contributed by atoms with van der Waals surface area (Å²) in [4.78, 5) is 11.5. The molecular formula is C10H21ClN2O. The summed E-state index contributed by atoms with van der Waals surface area (Å²) < 4.78 is 0. The molecule has 0 aliphatic heterocycles. The van der Waals surface area contributed by atoms with Gasteiger partial charge in [-0.05, 0) is 6.42 Å². The Morgan fingerprint density at radius 2 is 2.07 bits per heavy atom. The van der Waals surface area contributed by atoms with Crippen LogP contribution in [0.1, 0.15) is 33.6 Å². The molecule has 84 valence electrons. The van der Waals surface area contributed by atoms with E-state index >= 15 is 0 Å². The summed E-state index contributed by atoms with van der Waals surface area (Å²) in [6, 6.07) is 0.00389. The van der Waals surface area contributed by atoms with Gasteiger partial charge in [0.15, 0.2) is 0 Å². The van der Waals surface area contributed by atoms with Crippen molar-refractivity contribution < 1.29 is 4.79 Å². The number of nitrogens with one attached hydrogen (secondary N) is 2. The maximum Gasteiger partial charge on any atom is 0.238 e. The molecule has 0 radical (unpaired) electrons. The van der Waals surface area contributed by atoms with Gasteiger partial charge in [0, 0.05) is 18.5 Å². The van der Waals surface area contributed by atoms with Crippen molar-refractivity contribution in [3.05, 3.63) is 0 Å². The molecule has 3 nitrogen and oxygen atoms in total. The molecule has 0 aromatic heterocycles. The third-order valence-corrected chi connectivity index (χ3v) is 2.14. The highest BCUT2D eigenvalue weighted by Crippen LogP contribution is 1.92. The van der Waals surface area contributed by atoms with Gasteiger partial charge in [0.05, 0.1) is 0 Å². The first-order valence-corrected chi connectivity index (χ1v) is 5.75. The predicted octanol–water partition coefficient (Wildman–Crippen LogP) is 1.51. The van der Waals surface area contributed by atoms with Crippen LogP contribution in [0.25, 0.3) is 0 Å². The van der Waals surface area contributed by atoms with Crippen LogP contribution in [-0.2, 0) is 4.79 Å². The quantitative estimate of drug-likeness (QED) is 0.505. The first kappa shape index (κ1) is 13.7. The van der Waals surface area contributed by atoms with Gasteiger partial charge in [0.2, 0.25) is 5.91 Å². The van der Waals surface area contributed by atoms with Crippen LogP contribution in [0, 0.1) is 0 Å². The molecule has 0 aromatic rings. The number of unbranched alkanes of at least 4 members (excludes halogenated alkanes) is 1. The van der Waals surface area contributed by atoms with Crippen LogP contribution >= 0.6 is 11.6 Å². The van der Waals surface area contributed by atoms with Crippen molar-refractivity contribution >= 4 is 17.5 Å². The van der Waals surface area contributed by atoms with Crippen LogP contribution < -0.4 is 10.6 Å². The number of hydrogen-bond donors (Lipinski definition) is 2. The Hall–Kier alpha value is -0.280. The van der Waals surface area contributed by atoms with Crippen molar-refractivity contribution in [1.29, 1.82) is 0 Å². The summed E-state index contributed by atoms with van der Waals surface area (Å²) in [6.45, 7) is 6.83. The fourth-order valence-corrected chi connectivity index (χ4v) is 1.33. The van der Waals surface area contributed by atoms with Crippen LogP contribution in [0.5, 0.6) is 0 Å². The van der Waals surface area contributed by atoms with E-state index in [9.17, 15) is 4.79 Å². The molecule has 0 spiro atoms. The molecule has 0 fully saturated rings. The fourth-order valence-electron chi connectivity index (χ4n) is 1.10. The van der Waals surface area contributed by atoms with Crippen molar-refractivity contribution in [1.82, 2.24) is 10.6 Å². The zero-order valence-electron chi connectivity index (χ0n) is 9.27. The smallest absolute Gasteiger partial charge is 0.238 e. The lowest BCUT2D eigenvalue weighted by Gasteiger charge is -2.18. The second kappa shape index (κ2) is 8.06. The summed E-state index contributed by atoms with van der Waals surface area (Å²) in [6.07, 6.45) is 2.10. The van der Waals surface area contributed by atoms with Gasteiger partial charge in [-0.15, -0.1) is 11.6 Å². The molecule has 0 rings (SSSR count). The lowest BCUT2D eigenvalue weighted by molar-refractivity contribution is -0.122. The molecule has 0 bridgehead atoms. The second-order valence-electron chi connectivity index (χ2n) is 3.67. The Bertz CT molecular complexity index is 162. The highest BCUT2D eigenvalue weighted by Gasteiger charge is 2.16. The Morgan fingerprint density at radius 1 is 1.43 bits per heavy atom. The van der Waals surface area contributed by atoms with Crippen LogP contribution in [0.2, 0.25) is 0 Å². The van der Waals surface area contributed by atoms with Crippen molar-refractivity contribution in [2.75, 3.05) is 12.4 Å². The number of hydrogen-bond acceptors (Lipinski definition) is 2. The maximum absolute atomic E-state index is 11.5. The van der Waals surface area contributed by atoms with E-state index in [0.717, 1.165) is 19.4 Å². The van der Waals surface area contributed by atoms with Gasteiger partial charge in [0.1, 0.15) is 6.04 Å². The molecule has 4 heteroatoms. The lowest BCUT2D eigenvalue weighted by Crippen LogP contribution is -2.48. The molecule has 0 aliphatic rings. The average Bonchev–Trinajstić information content (AvgIpc) is 2.14. The minimum absolute atomic E-state index is 0.00199. The van der Waals surface area contributed by atoms with Gasteiger partial charge in [-0.3, -0.25) is 4.79 Å². The molecule has 0 saturated carbocycles. The molecule has 0 heterocycles. The monoisotopic (exact) mass is 220 g/mol. The topological polar surface area (TPSA) is 41.1 Å². The van der Waals surface area contributed by atoms with E-state index in [-0.39, 0.29) is 18.0 Å². The fraction of sp³-hybridized carbons (Fsp3) is 0.900. The van der Waals surface area contributed by atoms with E-state index in [2.05, 4.69) is 17.6 Å². The SMILES string of the molecule is CCCCNC(=O)C(CCl)NC(C)C. The number of halogens is 1. The molecule has 2 N–H and O–H groups in total. The Labute approximate surface area is 91.6 Å². The van der Waals surface area contributed by atoms with Gasteiger partial charge in [0.25, 0.3) is 0 Å². The van der Waals surface area contributed by atoms with Gasteiger partial charge >= 0.3 is 0 Å². The minimum Gasteiger partial charge on any atom is -0.355 e. The first-order valence-electron chi connectivity index (χ1n) is 5.21. The van der Waals surface area contributed by atoms with E-state index in [0.29, 0.717) is 5.88 Å².